The second-order valence-corrected chi connectivity index (χ2v) is 6.60. The number of nitrogens with zero attached hydrogens (tertiary/aromatic N) is 1. The van der Waals surface area contributed by atoms with Crippen molar-refractivity contribution in [3.05, 3.63) is 35.0 Å². The van der Waals surface area contributed by atoms with E-state index in [-0.39, 0.29) is 12.0 Å². The van der Waals surface area contributed by atoms with Crippen molar-refractivity contribution in [1.29, 1.82) is 0 Å². The van der Waals surface area contributed by atoms with Crippen LogP contribution in [0.4, 0.5) is 0 Å². The van der Waals surface area contributed by atoms with Gasteiger partial charge in [-0.25, -0.2) is 0 Å². The molecule has 2 aromatic rings. The van der Waals surface area contributed by atoms with E-state index in [1.54, 1.807) is 0 Å². The van der Waals surface area contributed by atoms with Crippen LogP contribution in [0.25, 0.3) is 10.9 Å². The lowest BCUT2D eigenvalue weighted by molar-refractivity contribution is 0.0518. The van der Waals surface area contributed by atoms with E-state index in [2.05, 4.69) is 31.0 Å². The normalized spacial score (nSPS) is 17.9. The predicted molar refractivity (Wildman–Crippen MR) is 88.1 cm³/mol. The number of aromatic amines is 1. The number of aromatic nitrogens is 1. The number of aryl methyl sites for hydroxylation is 2. The van der Waals surface area contributed by atoms with E-state index in [4.69, 9.17) is 0 Å². The highest BCUT2D eigenvalue weighted by Gasteiger charge is 2.26. The van der Waals surface area contributed by atoms with Crippen molar-refractivity contribution in [2.24, 2.45) is 5.92 Å². The van der Waals surface area contributed by atoms with Crippen molar-refractivity contribution in [2.45, 2.75) is 39.7 Å². The van der Waals surface area contributed by atoms with Crippen molar-refractivity contribution >= 4 is 16.8 Å². The van der Waals surface area contributed by atoms with Gasteiger partial charge in [-0.3, -0.25) is 4.79 Å². The van der Waals surface area contributed by atoms with Crippen molar-refractivity contribution < 1.29 is 9.90 Å². The van der Waals surface area contributed by atoms with Crippen LogP contribution in [0.5, 0.6) is 0 Å². The minimum atomic E-state index is -0.282. The fraction of sp³-hybridized carbons (Fsp3) is 0.500. The van der Waals surface area contributed by atoms with Gasteiger partial charge in [0.15, 0.2) is 0 Å². The second-order valence-electron chi connectivity index (χ2n) is 6.60. The second kappa shape index (κ2) is 5.76. The highest BCUT2D eigenvalue weighted by molar-refractivity contribution is 5.99. The fourth-order valence-electron chi connectivity index (χ4n) is 3.47. The molecule has 0 saturated carbocycles. The number of hydrogen-bond acceptors (Lipinski definition) is 2. The van der Waals surface area contributed by atoms with Crippen LogP contribution in [0.15, 0.2) is 18.2 Å². The average molecular weight is 300 g/mol. The largest absolute Gasteiger partial charge is 0.393 e. The Hall–Kier alpha value is -1.81. The third kappa shape index (κ3) is 2.75. The number of benzene rings is 1. The van der Waals surface area contributed by atoms with Crippen molar-refractivity contribution in [3.63, 3.8) is 0 Å². The van der Waals surface area contributed by atoms with Crippen LogP contribution < -0.4 is 0 Å². The minimum absolute atomic E-state index is 0.0669. The molecule has 0 spiro atoms. The van der Waals surface area contributed by atoms with Gasteiger partial charge < -0.3 is 15.0 Å². The van der Waals surface area contributed by atoms with Gasteiger partial charge in [0.1, 0.15) is 5.69 Å². The molecule has 4 heteroatoms. The summed E-state index contributed by atoms with van der Waals surface area (Å²) in [6.45, 7) is 7.43. The summed E-state index contributed by atoms with van der Waals surface area (Å²) in [4.78, 5) is 17.8. The van der Waals surface area contributed by atoms with Crippen molar-refractivity contribution in [1.82, 2.24) is 9.88 Å². The number of aliphatic hydroxyl groups is 1. The number of nitrogens with one attached hydrogen (secondary N) is 1. The molecule has 1 unspecified atom stereocenters. The molecule has 22 heavy (non-hydrogen) atoms. The molecule has 0 aliphatic carbocycles. The Kier molecular flexibility index (Phi) is 3.96. The van der Waals surface area contributed by atoms with Gasteiger partial charge in [0, 0.05) is 24.0 Å². The summed E-state index contributed by atoms with van der Waals surface area (Å²) in [5.41, 5.74) is 4.08. The standard InChI is InChI=1S/C18H24N2O2/c1-11-8-12(2)15-10-17(19-16(15)9-11)18(22)20-6-4-14(5-7-20)13(3)21/h8-10,13-14,19,21H,4-7H2,1-3H3. The third-order valence-electron chi connectivity index (χ3n) is 4.83. The molecular formula is C18H24N2O2. The van der Waals surface area contributed by atoms with Gasteiger partial charge in [0.05, 0.1) is 6.10 Å². The smallest absolute Gasteiger partial charge is 0.270 e. The Morgan fingerprint density at radius 3 is 2.59 bits per heavy atom. The van der Waals surface area contributed by atoms with E-state index >= 15 is 0 Å². The van der Waals surface area contributed by atoms with Crippen molar-refractivity contribution in [2.75, 3.05) is 13.1 Å². The van der Waals surface area contributed by atoms with Gasteiger partial charge in [-0.05, 0) is 62.8 Å². The Bertz CT molecular complexity index is 694. The topological polar surface area (TPSA) is 56.3 Å². The minimum Gasteiger partial charge on any atom is -0.393 e. The zero-order chi connectivity index (χ0) is 15.9. The molecule has 4 nitrogen and oxygen atoms in total. The number of amides is 1. The summed E-state index contributed by atoms with van der Waals surface area (Å²) in [6, 6.07) is 6.19. The maximum absolute atomic E-state index is 12.7. The first-order chi connectivity index (χ1) is 10.5. The molecule has 1 aliphatic rings. The van der Waals surface area contributed by atoms with E-state index in [0.29, 0.717) is 11.6 Å². The number of likely N-dealkylation sites (tertiary alicyclic amines) is 1. The molecule has 1 aromatic heterocycles. The van der Waals surface area contributed by atoms with Crippen LogP contribution in [0, 0.1) is 19.8 Å². The van der Waals surface area contributed by atoms with Gasteiger partial charge in [-0.2, -0.15) is 0 Å². The Morgan fingerprint density at radius 2 is 1.95 bits per heavy atom. The number of carbonyl (C=O) groups is 1. The first-order valence-electron chi connectivity index (χ1n) is 8.03. The molecule has 1 aliphatic heterocycles. The van der Waals surface area contributed by atoms with Crippen LogP contribution in [0.3, 0.4) is 0 Å². The van der Waals surface area contributed by atoms with E-state index in [0.717, 1.165) is 36.8 Å². The maximum Gasteiger partial charge on any atom is 0.270 e. The van der Waals surface area contributed by atoms with Crippen LogP contribution in [0.2, 0.25) is 0 Å². The monoisotopic (exact) mass is 300 g/mol. The van der Waals surface area contributed by atoms with Gasteiger partial charge in [0.2, 0.25) is 0 Å². The number of aliphatic hydroxyl groups excluding tert-OH is 1. The van der Waals surface area contributed by atoms with E-state index in [1.165, 1.54) is 11.1 Å². The molecule has 118 valence electrons. The lowest BCUT2D eigenvalue weighted by atomic mass is 9.92. The quantitative estimate of drug-likeness (QED) is 0.895. The van der Waals surface area contributed by atoms with Crippen molar-refractivity contribution in [3.8, 4) is 0 Å². The lowest BCUT2D eigenvalue weighted by Gasteiger charge is -2.33. The Morgan fingerprint density at radius 1 is 1.27 bits per heavy atom. The molecule has 0 bridgehead atoms. The van der Waals surface area contributed by atoms with Gasteiger partial charge in [0.25, 0.3) is 5.91 Å². The van der Waals surface area contributed by atoms with Crippen LogP contribution >= 0.6 is 0 Å². The lowest BCUT2D eigenvalue weighted by Crippen LogP contribution is -2.40. The van der Waals surface area contributed by atoms with Gasteiger partial charge in [-0.1, -0.05) is 6.07 Å². The summed E-state index contributed by atoms with van der Waals surface area (Å²) in [6.07, 6.45) is 1.47. The summed E-state index contributed by atoms with van der Waals surface area (Å²) in [5.74, 6) is 0.383. The van der Waals surface area contributed by atoms with E-state index < -0.39 is 0 Å². The predicted octanol–water partition coefficient (Wildman–Crippen LogP) is 3.02. The van der Waals surface area contributed by atoms with Gasteiger partial charge in [-0.15, -0.1) is 0 Å². The SMILES string of the molecule is Cc1cc(C)c2cc(C(=O)N3CCC(C(C)O)CC3)[nH]c2c1. The highest BCUT2D eigenvalue weighted by Crippen LogP contribution is 2.25. The zero-order valence-electron chi connectivity index (χ0n) is 13.5. The molecular weight excluding hydrogens is 276 g/mol. The molecule has 1 aromatic carbocycles. The molecule has 1 fully saturated rings. The summed E-state index contributed by atoms with van der Waals surface area (Å²) >= 11 is 0. The van der Waals surface area contributed by atoms with Crippen LogP contribution in [0.1, 0.15) is 41.4 Å². The Labute approximate surface area is 131 Å². The number of carbonyl (C=O) groups excluding carboxylic acids is 1. The molecule has 2 N–H and O–H groups in total. The third-order valence-corrected chi connectivity index (χ3v) is 4.83. The molecule has 1 saturated heterocycles. The molecule has 2 heterocycles. The molecule has 3 rings (SSSR count). The first-order valence-corrected chi connectivity index (χ1v) is 8.03. The summed E-state index contributed by atoms with van der Waals surface area (Å²) in [7, 11) is 0. The van der Waals surface area contributed by atoms with Gasteiger partial charge >= 0.3 is 0 Å². The number of rotatable bonds is 2. The first kappa shape index (κ1) is 15.1. The average Bonchev–Trinajstić information content (AvgIpc) is 2.90. The molecule has 0 radical (unpaired) electrons. The van der Waals surface area contributed by atoms with E-state index in [1.807, 2.05) is 17.9 Å². The molecule has 1 amide bonds. The number of piperidine rings is 1. The highest BCUT2D eigenvalue weighted by atomic mass is 16.3. The maximum atomic E-state index is 12.7. The Balaban J connectivity index is 1.80. The fourth-order valence-corrected chi connectivity index (χ4v) is 3.47. The molecule has 1 atom stereocenters. The number of hydrogen-bond donors (Lipinski definition) is 2. The van der Waals surface area contributed by atoms with Crippen LogP contribution in [-0.2, 0) is 0 Å². The summed E-state index contributed by atoms with van der Waals surface area (Å²) in [5, 5.41) is 10.8. The number of fused-ring (bicyclic) bond motifs is 1. The zero-order valence-corrected chi connectivity index (χ0v) is 13.5. The van der Waals surface area contributed by atoms with Crippen LogP contribution in [-0.4, -0.2) is 40.1 Å². The van der Waals surface area contributed by atoms with E-state index in [9.17, 15) is 9.90 Å². The number of H-pyrrole nitrogens is 1. The summed E-state index contributed by atoms with van der Waals surface area (Å²) < 4.78 is 0.